The first-order valence-corrected chi connectivity index (χ1v) is 9.44. The summed E-state index contributed by atoms with van der Waals surface area (Å²) in [4.78, 5) is 22.2. The molecule has 0 fully saturated rings. The summed E-state index contributed by atoms with van der Waals surface area (Å²) in [5, 5.41) is 11.5. The predicted octanol–water partition coefficient (Wildman–Crippen LogP) is 3.94. The van der Waals surface area contributed by atoms with Crippen LogP contribution in [0.2, 0.25) is 0 Å². The molecule has 0 spiro atoms. The number of hydrogen-bond acceptors (Lipinski definition) is 5. The number of nitriles is 1. The Morgan fingerprint density at radius 3 is 2.90 bits per heavy atom. The molecular weight excluding hydrogens is 364 g/mol. The van der Waals surface area contributed by atoms with Crippen LogP contribution in [0.3, 0.4) is 0 Å². The molecule has 1 aliphatic rings. The maximum absolute atomic E-state index is 12.0. The predicted molar refractivity (Wildman–Crippen MR) is 111 cm³/mol. The topological polar surface area (TPSA) is 82.0 Å². The van der Waals surface area contributed by atoms with Gasteiger partial charge in [0, 0.05) is 52.7 Å². The van der Waals surface area contributed by atoms with E-state index in [1.165, 1.54) is 18.4 Å². The molecule has 0 aliphatic carbocycles. The van der Waals surface area contributed by atoms with Crippen LogP contribution in [-0.4, -0.2) is 29.6 Å². The summed E-state index contributed by atoms with van der Waals surface area (Å²) in [6.45, 7) is 1.53. The number of rotatable bonds is 2. The van der Waals surface area contributed by atoms with Gasteiger partial charge in [0.1, 0.15) is 11.8 Å². The van der Waals surface area contributed by atoms with E-state index in [-0.39, 0.29) is 5.97 Å². The van der Waals surface area contributed by atoms with Gasteiger partial charge in [0.15, 0.2) is 0 Å². The van der Waals surface area contributed by atoms with Gasteiger partial charge >= 0.3 is 5.97 Å². The Morgan fingerprint density at radius 2 is 2.07 bits per heavy atom. The van der Waals surface area contributed by atoms with E-state index in [9.17, 15) is 10.1 Å². The van der Waals surface area contributed by atoms with Crippen molar-refractivity contribution in [2.45, 2.75) is 13.0 Å². The van der Waals surface area contributed by atoms with Gasteiger partial charge in [0.25, 0.3) is 0 Å². The second-order valence-corrected chi connectivity index (χ2v) is 7.16. The number of aromatic nitrogens is 2. The molecule has 0 bridgehead atoms. The number of benzene rings is 2. The smallest absolute Gasteiger partial charge is 0.337 e. The molecule has 6 heteroatoms. The van der Waals surface area contributed by atoms with Crippen molar-refractivity contribution in [2.75, 3.05) is 18.6 Å². The largest absolute Gasteiger partial charge is 0.465 e. The van der Waals surface area contributed by atoms with Gasteiger partial charge in [-0.1, -0.05) is 18.2 Å². The summed E-state index contributed by atoms with van der Waals surface area (Å²) in [5.41, 5.74) is 6.17. The minimum atomic E-state index is -0.340. The molecule has 2 aromatic carbocycles. The lowest BCUT2D eigenvalue weighted by molar-refractivity contribution is 0.0601. The molecule has 0 unspecified atom stereocenters. The number of H-pyrrole nitrogens is 1. The molecule has 0 saturated carbocycles. The molecule has 6 nitrogen and oxygen atoms in total. The molecule has 0 amide bonds. The molecule has 0 saturated heterocycles. The van der Waals surface area contributed by atoms with Crippen molar-refractivity contribution in [3.63, 3.8) is 0 Å². The average molecular weight is 382 g/mol. The zero-order valence-corrected chi connectivity index (χ0v) is 15.9. The van der Waals surface area contributed by atoms with Crippen LogP contribution in [0.4, 0.5) is 5.69 Å². The summed E-state index contributed by atoms with van der Waals surface area (Å²) >= 11 is 0. The molecule has 5 rings (SSSR count). The Bertz CT molecular complexity index is 1320. The Kier molecular flexibility index (Phi) is 3.95. The van der Waals surface area contributed by atoms with E-state index in [4.69, 9.17) is 4.74 Å². The highest BCUT2D eigenvalue weighted by Gasteiger charge is 2.23. The molecule has 2 aromatic heterocycles. The summed E-state index contributed by atoms with van der Waals surface area (Å²) in [6.07, 6.45) is 0.857. The second kappa shape index (κ2) is 6.64. The first kappa shape index (κ1) is 17.3. The number of anilines is 1. The lowest BCUT2D eigenvalue weighted by Crippen LogP contribution is -2.30. The van der Waals surface area contributed by atoms with Crippen LogP contribution in [0, 0.1) is 11.3 Å². The van der Waals surface area contributed by atoms with E-state index in [2.05, 4.69) is 20.9 Å². The maximum atomic E-state index is 12.0. The zero-order valence-electron chi connectivity index (χ0n) is 15.9. The van der Waals surface area contributed by atoms with Crippen molar-refractivity contribution in [3.05, 3.63) is 71.0 Å². The lowest BCUT2D eigenvalue weighted by Gasteiger charge is -2.30. The number of esters is 1. The molecule has 29 heavy (non-hydrogen) atoms. The first-order chi connectivity index (χ1) is 14.2. The van der Waals surface area contributed by atoms with Gasteiger partial charge in [-0.3, -0.25) is 0 Å². The zero-order chi connectivity index (χ0) is 20.0. The Labute approximate surface area is 167 Å². The van der Waals surface area contributed by atoms with Gasteiger partial charge in [-0.15, -0.1) is 0 Å². The van der Waals surface area contributed by atoms with Gasteiger partial charge in [-0.25, -0.2) is 9.78 Å². The maximum Gasteiger partial charge on any atom is 0.337 e. The number of carbonyl (C=O) groups excluding carboxylic acids is 1. The molecule has 4 aromatic rings. The molecule has 0 atom stereocenters. The third-order valence-corrected chi connectivity index (χ3v) is 5.55. The van der Waals surface area contributed by atoms with Crippen LogP contribution in [0.5, 0.6) is 0 Å². The summed E-state index contributed by atoms with van der Waals surface area (Å²) in [6, 6.07) is 17.5. The fourth-order valence-electron chi connectivity index (χ4n) is 4.14. The van der Waals surface area contributed by atoms with Crippen molar-refractivity contribution in [1.82, 2.24) is 9.97 Å². The second-order valence-electron chi connectivity index (χ2n) is 7.16. The third kappa shape index (κ3) is 2.79. The van der Waals surface area contributed by atoms with Gasteiger partial charge < -0.3 is 14.6 Å². The van der Waals surface area contributed by atoms with Crippen molar-refractivity contribution < 1.29 is 9.53 Å². The van der Waals surface area contributed by atoms with Crippen molar-refractivity contribution in [3.8, 4) is 6.07 Å². The highest BCUT2D eigenvalue weighted by molar-refractivity contribution is 5.97. The highest BCUT2D eigenvalue weighted by atomic mass is 16.5. The molecule has 1 aliphatic heterocycles. The fraction of sp³-hybridized carbons (Fsp3) is 0.174. The van der Waals surface area contributed by atoms with Gasteiger partial charge in [-0.05, 0) is 30.3 Å². The quantitative estimate of drug-likeness (QED) is 0.531. The van der Waals surface area contributed by atoms with Crippen LogP contribution in [-0.2, 0) is 17.7 Å². The van der Waals surface area contributed by atoms with Gasteiger partial charge in [-0.2, -0.15) is 5.26 Å². The number of fused-ring (bicyclic) bond motifs is 4. The average Bonchev–Trinajstić information content (AvgIpc) is 3.14. The van der Waals surface area contributed by atoms with Crippen molar-refractivity contribution >= 4 is 33.5 Å². The van der Waals surface area contributed by atoms with Crippen LogP contribution < -0.4 is 4.90 Å². The lowest BCUT2D eigenvalue weighted by atomic mass is 10.0. The Balaban J connectivity index is 1.62. The van der Waals surface area contributed by atoms with Crippen molar-refractivity contribution in [2.24, 2.45) is 0 Å². The van der Waals surface area contributed by atoms with Crippen molar-refractivity contribution in [1.29, 1.82) is 5.26 Å². The number of para-hydroxylation sites is 1. The first-order valence-electron chi connectivity index (χ1n) is 9.44. The number of nitrogens with zero attached hydrogens (tertiary/aromatic N) is 3. The standard InChI is InChI=1S/C23H18N4O2/c1-29-23(28)14-6-7-20-17(10-14)18-13-27(9-8-21(18)26-20)22-11-15(12-24)25-19-5-3-2-4-16(19)22/h2-7,10-11,26H,8-9,13H2,1H3. The Hall–Kier alpha value is -3.85. The van der Waals surface area contributed by atoms with E-state index < -0.39 is 0 Å². The molecule has 3 heterocycles. The monoisotopic (exact) mass is 382 g/mol. The minimum absolute atomic E-state index is 0.340. The number of carbonyl (C=O) groups is 1. The van der Waals surface area contributed by atoms with Crippen LogP contribution in [0.15, 0.2) is 48.5 Å². The normalized spacial score (nSPS) is 13.3. The van der Waals surface area contributed by atoms with E-state index in [0.29, 0.717) is 17.8 Å². The van der Waals surface area contributed by atoms with Gasteiger partial charge in [0.05, 0.1) is 18.2 Å². The van der Waals surface area contributed by atoms with Gasteiger partial charge in [0.2, 0.25) is 0 Å². The summed E-state index contributed by atoms with van der Waals surface area (Å²) < 4.78 is 4.87. The molecule has 1 N–H and O–H groups in total. The molecule has 142 valence electrons. The number of nitrogens with one attached hydrogen (secondary N) is 1. The van der Waals surface area contributed by atoms with Crippen LogP contribution in [0.1, 0.15) is 27.3 Å². The van der Waals surface area contributed by atoms with Crippen LogP contribution >= 0.6 is 0 Å². The number of methoxy groups -OCH3 is 1. The number of hydrogen-bond donors (Lipinski definition) is 1. The fourth-order valence-corrected chi connectivity index (χ4v) is 4.14. The van der Waals surface area contributed by atoms with Crippen LogP contribution in [0.25, 0.3) is 21.8 Å². The highest BCUT2D eigenvalue weighted by Crippen LogP contribution is 2.34. The summed E-state index contributed by atoms with van der Waals surface area (Å²) in [7, 11) is 1.39. The Morgan fingerprint density at radius 1 is 1.21 bits per heavy atom. The van der Waals surface area contributed by atoms with E-state index in [1.54, 1.807) is 6.07 Å². The number of aromatic amines is 1. The SMILES string of the molecule is COC(=O)c1ccc2[nH]c3c(c2c1)CN(c1cc(C#N)nc2ccccc12)CC3. The van der Waals surface area contributed by atoms with E-state index in [0.717, 1.165) is 40.5 Å². The third-order valence-electron chi connectivity index (χ3n) is 5.55. The molecular formula is C23H18N4O2. The number of ether oxygens (including phenoxy) is 1. The van der Waals surface area contributed by atoms with E-state index in [1.807, 2.05) is 42.5 Å². The summed E-state index contributed by atoms with van der Waals surface area (Å²) in [5.74, 6) is -0.340. The minimum Gasteiger partial charge on any atom is -0.465 e. The van der Waals surface area contributed by atoms with E-state index >= 15 is 0 Å². The number of pyridine rings is 1. The molecule has 0 radical (unpaired) electrons.